The first-order valence-electron chi connectivity index (χ1n) is 4.75. The van der Waals surface area contributed by atoms with Crippen LogP contribution in [0, 0.1) is 0 Å². The average molecular weight is 205 g/mol. The molecule has 0 unspecified atom stereocenters. The molecule has 84 valence electrons. The summed E-state index contributed by atoms with van der Waals surface area (Å²) in [4.78, 5) is 10.7. The van der Waals surface area contributed by atoms with E-state index in [2.05, 4.69) is 10.1 Å². The normalized spacial score (nSPS) is 10.6. The number of carbonyl (C=O) groups excluding carboxylic acids is 1. The van der Waals surface area contributed by atoms with Crippen LogP contribution in [0.2, 0.25) is 0 Å². The van der Waals surface area contributed by atoms with Crippen molar-refractivity contribution in [3.63, 3.8) is 0 Å². The van der Waals surface area contributed by atoms with Crippen LogP contribution in [0.15, 0.2) is 0 Å². The quantitative estimate of drug-likeness (QED) is 0.451. The maximum atomic E-state index is 10.7. The molecule has 0 spiro atoms. The van der Waals surface area contributed by atoms with Crippen LogP contribution in [0.3, 0.4) is 0 Å². The van der Waals surface area contributed by atoms with E-state index in [0.29, 0.717) is 19.8 Å². The van der Waals surface area contributed by atoms with Gasteiger partial charge in [0.25, 0.3) is 0 Å². The molecule has 0 amide bonds. The molecule has 5 heteroatoms. The zero-order chi connectivity index (χ0) is 10.8. The van der Waals surface area contributed by atoms with Gasteiger partial charge in [0.05, 0.1) is 13.7 Å². The highest BCUT2D eigenvalue weighted by Crippen LogP contribution is 1.92. The van der Waals surface area contributed by atoms with E-state index in [1.807, 2.05) is 13.8 Å². The summed E-state index contributed by atoms with van der Waals surface area (Å²) in [5.41, 5.74) is 0. The van der Waals surface area contributed by atoms with Crippen molar-refractivity contribution in [2.75, 3.05) is 33.4 Å². The summed E-state index contributed by atoms with van der Waals surface area (Å²) in [7, 11) is 1.35. The summed E-state index contributed by atoms with van der Waals surface area (Å²) in [6.45, 7) is 5.62. The molecule has 5 nitrogen and oxygen atoms in total. The Labute approximate surface area is 84.7 Å². The molecule has 0 aliphatic heterocycles. The second kappa shape index (κ2) is 8.93. The van der Waals surface area contributed by atoms with Gasteiger partial charge in [0, 0.05) is 19.8 Å². The van der Waals surface area contributed by atoms with Crippen LogP contribution in [-0.2, 0) is 19.0 Å². The second-order valence-electron chi connectivity index (χ2n) is 2.55. The van der Waals surface area contributed by atoms with Crippen LogP contribution >= 0.6 is 0 Å². The fourth-order valence-corrected chi connectivity index (χ4v) is 0.902. The third-order valence-corrected chi connectivity index (χ3v) is 1.51. The van der Waals surface area contributed by atoms with Crippen molar-refractivity contribution in [2.45, 2.75) is 20.1 Å². The molecule has 0 saturated heterocycles. The fourth-order valence-electron chi connectivity index (χ4n) is 0.902. The summed E-state index contributed by atoms with van der Waals surface area (Å²) in [6, 6.07) is 0. The molecule has 0 saturated carbocycles. The van der Waals surface area contributed by atoms with Gasteiger partial charge < -0.3 is 19.5 Å². The SMILES string of the molecule is CCOC(CNCC(=O)OC)OCC. The molecule has 14 heavy (non-hydrogen) atoms. The number of esters is 1. The average Bonchev–Trinajstić information content (AvgIpc) is 2.18. The number of rotatable bonds is 8. The molecule has 0 atom stereocenters. The maximum Gasteiger partial charge on any atom is 0.319 e. The van der Waals surface area contributed by atoms with Gasteiger partial charge in [-0.15, -0.1) is 0 Å². The highest BCUT2D eigenvalue weighted by atomic mass is 16.7. The Balaban J connectivity index is 3.54. The second-order valence-corrected chi connectivity index (χ2v) is 2.55. The molecular formula is C9H19NO4. The van der Waals surface area contributed by atoms with E-state index in [-0.39, 0.29) is 18.8 Å². The Morgan fingerprint density at radius 3 is 2.29 bits per heavy atom. The zero-order valence-corrected chi connectivity index (χ0v) is 9.04. The van der Waals surface area contributed by atoms with Gasteiger partial charge in [-0.1, -0.05) is 0 Å². The molecule has 0 aromatic carbocycles. The van der Waals surface area contributed by atoms with E-state index < -0.39 is 0 Å². The van der Waals surface area contributed by atoms with Gasteiger partial charge in [-0.3, -0.25) is 4.79 Å². The lowest BCUT2D eigenvalue weighted by atomic mass is 10.5. The van der Waals surface area contributed by atoms with E-state index >= 15 is 0 Å². The van der Waals surface area contributed by atoms with Gasteiger partial charge >= 0.3 is 5.97 Å². The summed E-state index contributed by atoms with van der Waals surface area (Å²) in [6.07, 6.45) is -0.297. The van der Waals surface area contributed by atoms with Crippen molar-refractivity contribution in [3.8, 4) is 0 Å². The number of carbonyl (C=O) groups is 1. The highest BCUT2D eigenvalue weighted by molar-refractivity contribution is 5.71. The van der Waals surface area contributed by atoms with E-state index in [4.69, 9.17) is 9.47 Å². The van der Waals surface area contributed by atoms with Crippen LogP contribution < -0.4 is 5.32 Å². The Morgan fingerprint density at radius 2 is 1.86 bits per heavy atom. The molecule has 0 fully saturated rings. The summed E-state index contributed by atoms with van der Waals surface area (Å²) in [5, 5.41) is 2.88. The maximum absolute atomic E-state index is 10.7. The summed E-state index contributed by atoms with van der Waals surface area (Å²) in [5.74, 6) is -0.295. The van der Waals surface area contributed by atoms with Crippen LogP contribution in [0.25, 0.3) is 0 Å². The lowest BCUT2D eigenvalue weighted by molar-refractivity contribution is -0.142. The lowest BCUT2D eigenvalue weighted by Crippen LogP contribution is -2.34. The van der Waals surface area contributed by atoms with Gasteiger partial charge in [0.15, 0.2) is 6.29 Å². The minimum Gasteiger partial charge on any atom is -0.468 e. The smallest absolute Gasteiger partial charge is 0.319 e. The van der Waals surface area contributed by atoms with E-state index in [0.717, 1.165) is 0 Å². The fraction of sp³-hybridized carbons (Fsp3) is 0.889. The molecule has 0 aliphatic carbocycles. The third kappa shape index (κ3) is 6.82. The molecular weight excluding hydrogens is 186 g/mol. The Bertz CT molecular complexity index is 146. The summed E-state index contributed by atoms with van der Waals surface area (Å²) >= 11 is 0. The van der Waals surface area contributed by atoms with Crippen molar-refractivity contribution < 1.29 is 19.0 Å². The molecule has 0 bridgehead atoms. The summed E-state index contributed by atoms with van der Waals surface area (Å²) < 4.78 is 15.0. The first-order chi connectivity index (χ1) is 6.74. The molecule has 0 aliphatic rings. The van der Waals surface area contributed by atoms with Crippen LogP contribution in [0.1, 0.15) is 13.8 Å². The topological polar surface area (TPSA) is 56.8 Å². The first kappa shape index (κ1) is 13.4. The predicted molar refractivity (Wildman–Crippen MR) is 51.9 cm³/mol. The minimum absolute atomic E-state index is 0.174. The molecule has 0 heterocycles. The number of hydrogen-bond acceptors (Lipinski definition) is 5. The largest absolute Gasteiger partial charge is 0.468 e. The first-order valence-corrected chi connectivity index (χ1v) is 4.75. The number of methoxy groups -OCH3 is 1. The monoisotopic (exact) mass is 205 g/mol. The molecule has 0 aromatic rings. The lowest BCUT2D eigenvalue weighted by Gasteiger charge is -2.16. The Morgan fingerprint density at radius 1 is 1.29 bits per heavy atom. The Kier molecular flexibility index (Phi) is 8.51. The van der Waals surface area contributed by atoms with Crippen molar-refractivity contribution in [1.82, 2.24) is 5.32 Å². The van der Waals surface area contributed by atoms with E-state index in [9.17, 15) is 4.79 Å². The van der Waals surface area contributed by atoms with Crippen LogP contribution in [0.5, 0.6) is 0 Å². The molecule has 0 radical (unpaired) electrons. The van der Waals surface area contributed by atoms with E-state index in [1.54, 1.807) is 0 Å². The van der Waals surface area contributed by atoms with Crippen LogP contribution in [0.4, 0.5) is 0 Å². The Hall–Kier alpha value is -0.650. The van der Waals surface area contributed by atoms with Crippen molar-refractivity contribution in [1.29, 1.82) is 0 Å². The van der Waals surface area contributed by atoms with Crippen molar-refractivity contribution in [3.05, 3.63) is 0 Å². The van der Waals surface area contributed by atoms with Crippen molar-refractivity contribution in [2.24, 2.45) is 0 Å². The number of ether oxygens (including phenoxy) is 3. The van der Waals surface area contributed by atoms with E-state index in [1.165, 1.54) is 7.11 Å². The zero-order valence-electron chi connectivity index (χ0n) is 9.04. The van der Waals surface area contributed by atoms with Crippen molar-refractivity contribution >= 4 is 5.97 Å². The van der Waals surface area contributed by atoms with Gasteiger partial charge in [0.2, 0.25) is 0 Å². The van der Waals surface area contributed by atoms with Crippen LogP contribution in [-0.4, -0.2) is 45.7 Å². The van der Waals surface area contributed by atoms with Gasteiger partial charge in [-0.25, -0.2) is 0 Å². The molecule has 1 N–H and O–H groups in total. The predicted octanol–water partition coefficient (Wildman–Crippen LogP) is 0.148. The van der Waals surface area contributed by atoms with Gasteiger partial charge in [0.1, 0.15) is 0 Å². The number of nitrogens with one attached hydrogen (secondary N) is 1. The minimum atomic E-state index is -0.297. The molecule has 0 aromatic heterocycles. The van der Waals surface area contributed by atoms with Gasteiger partial charge in [-0.2, -0.15) is 0 Å². The highest BCUT2D eigenvalue weighted by Gasteiger charge is 2.08. The van der Waals surface area contributed by atoms with Gasteiger partial charge in [-0.05, 0) is 13.8 Å². The molecule has 0 rings (SSSR count). The number of hydrogen-bond donors (Lipinski definition) is 1. The third-order valence-electron chi connectivity index (χ3n) is 1.51. The standard InChI is InChI=1S/C9H19NO4/c1-4-13-9(14-5-2)7-10-6-8(11)12-3/h9-10H,4-7H2,1-3H3.